The van der Waals surface area contributed by atoms with E-state index >= 15 is 0 Å². The van der Waals surface area contributed by atoms with Crippen molar-refractivity contribution in [2.75, 3.05) is 24.6 Å². The Labute approximate surface area is 95.7 Å². The highest BCUT2D eigenvalue weighted by Gasteiger charge is 2.05. The summed E-state index contributed by atoms with van der Waals surface area (Å²) in [5.41, 5.74) is 1.03. The van der Waals surface area contributed by atoms with Gasteiger partial charge in [-0.3, -0.25) is 0 Å². The van der Waals surface area contributed by atoms with Gasteiger partial charge in [-0.15, -0.1) is 0 Å². The molecule has 0 fully saturated rings. The summed E-state index contributed by atoms with van der Waals surface area (Å²) in [5.74, 6) is 0. The minimum atomic E-state index is 0.156. The number of hydrogen-bond acceptors (Lipinski definition) is 3. The van der Waals surface area contributed by atoms with Crippen LogP contribution in [0.2, 0.25) is 5.15 Å². The average Bonchev–Trinajstić information content (AvgIpc) is 2.24. The third-order valence-corrected chi connectivity index (χ3v) is 2.43. The van der Waals surface area contributed by atoms with Crippen LogP contribution in [-0.2, 0) is 0 Å². The van der Waals surface area contributed by atoms with E-state index in [1.165, 1.54) is 0 Å². The molecule has 0 radical (unpaired) electrons. The molecule has 0 spiro atoms. The van der Waals surface area contributed by atoms with Crippen molar-refractivity contribution in [3.05, 3.63) is 23.5 Å². The first-order valence-electron chi connectivity index (χ1n) is 5.25. The van der Waals surface area contributed by atoms with Crippen LogP contribution in [0.3, 0.4) is 0 Å². The zero-order chi connectivity index (χ0) is 11.1. The van der Waals surface area contributed by atoms with Gasteiger partial charge in [-0.2, -0.15) is 0 Å². The lowest BCUT2D eigenvalue weighted by molar-refractivity contribution is 0.301. The van der Waals surface area contributed by atoms with E-state index in [0.717, 1.165) is 25.1 Å². The summed E-state index contributed by atoms with van der Waals surface area (Å²) in [5, 5.41) is 9.47. The van der Waals surface area contributed by atoms with Crippen LogP contribution in [-0.4, -0.2) is 29.8 Å². The third-order valence-electron chi connectivity index (χ3n) is 2.23. The van der Waals surface area contributed by atoms with Crippen LogP contribution in [0.4, 0.5) is 5.69 Å². The lowest BCUT2D eigenvalue weighted by Crippen LogP contribution is -2.27. The zero-order valence-corrected chi connectivity index (χ0v) is 9.74. The number of unbranched alkanes of at least 4 members (excludes halogenated alkanes) is 1. The van der Waals surface area contributed by atoms with Crippen molar-refractivity contribution in [1.82, 2.24) is 4.98 Å². The van der Waals surface area contributed by atoms with E-state index in [4.69, 9.17) is 16.7 Å². The van der Waals surface area contributed by atoms with Gasteiger partial charge in [-0.25, -0.2) is 4.98 Å². The fourth-order valence-corrected chi connectivity index (χ4v) is 1.60. The molecule has 0 aliphatic carbocycles. The van der Waals surface area contributed by atoms with Crippen LogP contribution < -0.4 is 4.90 Å². The number of aromatic nitrogens is 1. The standard InChI is InChI=1S/C11H17ClN2O/c1-2-3-6-14(7-8-15)10-4-5-13-11(12)9-10/h4-5,9,15H,2-3,6-8H2,1H3. The van der Waals surface area contributed by atoms with Gasteiger partial charge in [-0.05, 0) is 18.6 Å². The highest BCUT2D eigenvalue weighted by Crippen LogP contribution is 2.17. The number of anilines is 1. The number of aliphatic hydroxyl groups excluding tert-OH is 1. The van der Waals surface area contributed by atoms with Crippen molar-refractivity contribution in [3.63, 3.8) is 0 Å². The Kier molecular flexibility index (Phi) is 5.43. The second-order valence-corrected chi connectivity index (χ2v) is 3.79. The molecule has 0 aliphatic rings. The molecule has 1 aromatic heterocycles. The van der Waals surface area contributed by atoms with E-state index < -0.39 is 0 Å². The summed E-state index contributed by atoms with van der Waals surface area (Å²) in [6, 6.07) is 3.74. The van der Waals surface area contributed by atoms with Gasteiger partial charge in [0, 0.05) is 25.0 Å². The largest absolute Gasteiger partial charge is 0.395 e. The highest BCUT2D eigenvalue weighted by molar-refractivity contribution is 6.29. The fraction of sp³-hybridized carbons (Fsp3) is 0.545. The predicted molar refractivity (Wildman–Crippen MR) is 63.5 cm³/mol. The van der Waals surface area contributed by atoms with Gasteiger partial charge < -0.3 is 10.0 Å². The molecule has 1 heterocycles. The molecule has 1 aromatic rings. The van der Waals surface area contributed by atoms with E-state index in [9.17, 15) is 0 Å². The molecule has 0 amide bonds. The van der Waals surface area contributed by atoms with Crippen LogP contribution in [0.5, 0.6) is 0 Å². The van der Waals surface area contributed by atoms with Crippen LogP contribution >= 0.6 is 11.6 Å². The minimum Gasteiger partial charge on any atom is -0.395 e. The summed E-state index contributed by atoms with van der Waals surface area (Å²) in [4.78, 5) is 6.06. The van der Waals surface area contributed by atoms with Gasteiger partial charge in [-0.1, -0.05) is 24.9 Å². The molecule has 15 heavy (non-hydrogen) atoms. The van der Waals surface area contributed by atoms with E-state index in [1.54, 1.807) is 6.20 Å². The molecule has 84 valence electrons. The Balaban J connectivity index is 2.69. The smallest absolute Gasteiger partial charge is 0.131 e. The van der Waals surface area contributed by atoms with Crippen LogP contribution in [0.1, 0.15) is 19.8 Å². The zero-order valence-electron chi connectivity index (χ0n) is 8.99. The molecule has 1 rings (SSSR count). The Morgan fingerprint density at radius 2 is 2.27 bits per heavy atom. The van der Waals surface area contributed by atoms with Gasteiger partial charge in [0.2, 0.25) is 0 Å². The first-order valence-corrected chi connectivity index (χ1v) is 5.63. The van der Waals surface area contributed by atoms with Crippen molar-refractivity contribution in [1.29, 1.82) is 0 Å². The third kappa shape index (κ3) is 4.06. The first-order chi connectivity index (χ1) is 7.27. The molecule has 1 N–H and O–H groups in total. The van der Waals surface area contributed by atoms with Gasteiger partial charge >= 0.3 is 0 Å². The maximum Gasteiger partial charge on any atom is 0.131 e. The van der Waals surface area contributed by atoms with Gasteiger partial charge in [0.15, 0.2) is 0 Å². The number of nitrogens with zero attached hydrogens (tertiary/aromatic N) is 2. The number of halogens is 1. The van der Waals surface area contributed by atoms with E-state index in [-0.39, 0.29) is 6.61 Å². The minimum absolute atomic E-state index is 0.156. The quantitative estimate of drug-likeness (QED) is 0.760. The second-order valence-electron chi connectivity index (χ2n) is 3.40. The van der Waals surface area contributed by atoms with Crippen molar-refractivity contribution in [2.24, 2.45) is 0 Å². The SMILES string of the molecule is CCCCN(CCO)c1ccnc(Cl)c1. The van der Waals surface area contributed by atoms with Crippen molar-refractivity contribution < 1.29 is 5.11 Å². The highest BCUT2D eigenvalue weighted by atomic mass is 35.5. The van der Waals surface area contributed by atoms with Crippen LogP contribution in [0, 0.1) is 0 Å². The maximum absolute atomic E-state index is 8.98. The molecule has 3 nitrogen and oxygen atoms in total. The summed E-state index contributed by atoms with van der Waals surface area (Å²) >= 11 is 5.82. The monoisotopic (exact) mass is 228 g/mol. The summed E-state index contributed by atoms with van der Waals surface area (Å²) in [6.45, 7) is 3.89. The Morgan fingerprint density at radius 3 is 2.87 bits per heavy atom. The van der Waals surface area contributed by atoms with Crippen LogP contribution in [0.15, 0.2) is 18.3 Å². The maximum atomic E-state index is 8.98. The fourth-order valence-electron chi connectivity index (χ4n) is 1.43. The van der Waals surface area contributed by atoms with Gasteiger partial charge in [0.25, 0.3) is 0 Å². The molecule has 0 atom stereocenters. The van der Waals surface area contributed by atoms with Crippen molar-refractivity contribution >= 4 is 17.3 Å². The molecule has 0 bridgehead atoms. The molecule has 0 saturated heterocycles. The lowest BCUT2D eigenvalue weighted by Gasteiger charge is -2.23. The first kappa shape index (κ1) is 12.3. The van der Waals surface area contributed by atoms with Gasteiger partial charge in [0.1, 0.15) is 5.15 Å². The molecular formula is C11H17ClN2O. The Bertz CT molecular complexity index is 294. The molecule has 0 aliphatic heterocycles. The molecule has 0 unspecified atom stereocenters. The predicted octanol–water partition coefficient (Wildman–Crippen LogP) is 2.33. The second kappa shape index (κ2) is 6.64. The van der Waals surface area contributed by atoms with E-state index in [0.29, 0.717) is 11.7 Å². The lowest BCUT2D eigenvalue weighted by atomic mass is 10.3. The summed E-state index contributed by atoms with van der Waals surface area (Å²) in [7, 11) is 0. The van der Waals surface area contributed by atoms with Crippen molar-refractivity contribution in [2.45, 2.75) is 19.8 Å². The Hall–Kier alpha value is -0.800. The summed E-state index contributed by atoms with van der Waals surface area (Å²) in [6.07, 6.45) is 3.94. The van der Waals surface area contributed by atoms with E-state index in [2.05, 4.69) is 16.8 Å². The molecule has 0 aromatic carbocycles. The number of rotatable bonds is 6. The number of pyridine rings is 1. The number of aliphatic hydroxyl groups is 1. The van der Waals surface area contributed by atoms with E-state index in [1.807, 2.05) is 12.1 Å². The molecule has 0 saturated carbocycles. The molecule has 4 heteroatoms. The topological polar surface area (TPSA) is 36.4 Å². The van der Waals surface area contributed by atoms with Crippen molar-refractivity contribution in [3.8, 4) is 0 Å². The normalized spacial score (nSPS) is 10.3. The Morgan fingerprint density at radius 1 is 1.47 bits per heavy atom. The van der Waals surface area contributed by atoms with Gasteiger partial charge in [0.05, 0.1) is 6.61 Å². The van der Waals surface area contributed by atoms with Crippen LogP contribution in [0.25, 0.3) is 0 Å². The number of hydrogen-bond donors (Lipinski definition) is 1. The molecular weight excluding hydrogens is 212 g/mol. The summed E-state index contributed by atoms with van der Waals surface area (Å²) < 4.78 is 0. The average molecular weight is 229 g/mol.